The van der Waals surface area contributed by atoms with E-state index >= 15 is 0 Å². The Morgan fingerprint density at radius 2 is 2.08 bits per heavy atom. The molecule has 1 aliphatic heterocycles. The highest BCUT2D eigenvalue weighted by Crippen LogP contribution is 2.36. The number of para-hydroxylation sites is 1. The molecule has 0 atom stereocenters. The van der Waals surface area contributed by atoms with Gasteiger partial charge in [-0.2, -0.15) is 0 Å². The SMILES string of the molecule is CC1(C)CSc2ccccc2N1. The van der Waals surface area contributed by atoms with E-state index in [2.05, 4.69) is 43.4 Å². The molecular formula is C10H13NS. The second-order valence-corrected chi connectivity index (χ2v) is 4.81. The quantitative estimate of drug-likeness (QED) is 0.657. The molecule has 0 fully saturated rings. The fourth-order valence-corrected chi connectivity index (χ4v) is 2.39. The van der Waals surface area contributed by atoms with E-state index in [1.165, 1.54) is 10.6 Å². The van der Waals surface area contributed by atoms with Gasteiger partial charge in [0.25, 0.3) is 0 Å². The molecule has 2 heteroatoms. The Labute approximate surface area is 77.6 Å². The molecule has 0 bridgehead atoms. The Hall–Kier alpha value is -0.630. The molecule has 2 rings (SSSR count). The van der Waals surface area contributed by atoms with Gasteiger partial charge in [-0.15, -0.1) is 11.8 Å². The molecule has 1 N–H and O–H groups in total. The minimum atomic E-state index is 0.235. The first kappa shape index (κ1) is 7.99. The Bertz CT molecular complexity index is 294. The second-order valence-electron chi connectivity index (χ2n) is 3.79. The first-order chi connectivity index (χ1) is 5.67. The molecule has 1 aliphatic rings. The van der Waals surface area contributed by atoms with Crippen LogP contribution in [0.3, 0.4) is 0 Å². The van der Waals surface area contributed by atoms with Gasteiger partial charge in [0.1, 0.15) is 0 Å². The van der Waals surface area contributed by atoms with E-state index in [0.29, 0.717) is 0 Å². The van der Waals surface area contributed by atoms with Gasteiger partial charge in [-0.3, -0.25) is 0 Å². The standard InChI is InChI=1S/C10H13NS/c1-10(2)7-12-9-6-4-3-5-8(9)11-10/h3-6,11H,7H2,1-2H3. The second kappa shape index (κ2) is 2.70. The fraction of sp³-hybridized carbons (Fsp3) is 0.400. The maximum Gasteiger partial charge on any atom is 0.0482 e. The van der Waals surface area contributed by atoms with Gasteiger partial charge in [-0.25, -0.2) is 0 Å². The summed E-state index contributed by atoms with van der Waals surface area (Å²) in [6.45, 7) is 4.46. The zero-order valence-corrected chi connectivity index (χ0v) is 8.24. The van der Waals surface area contributed by atoms with Crippen LogP contribution in [0, 0.1) is 0 Å². The zero-order chi connectivity index (χ0) is 8.60. The van der Waals surface area contributed by atoms with Crippen molar-refractivity contribution in [2.45, 2.75) is 24.3 Å². The zero-order valence-electron chi connectivity index (χ0n) is 7.42. The van der Waals surface area contributed by atoms with Crippen molar-refractivity contribution in [1.29, 1.82) is 0 Å². The average molecular weight is 179 g/mol. The van der Waals surface area contributed by atoms with Crippen molar-refractivity contribution in [3.8, 4) is 0 Å². The summed E-state index contributed by atoms with van der Waals surface area (Å²) in [6.07, 6.45) is 0. The summed E-state index contributed by atoms with van der Waals surface area (Å²) in [5.74, 6) is 1.14. The molecular weight excluding hydrogens is 166 g/mol. The summed E-state index contributed by atoms with van der Waals surface area (Å²) in [5, 5.41) is 3.52. The molecule has 0 radical (unpaired) electrons. The molecule has 0 saturated carbocycles. The topological polar surface area (TPSA) is 12.0 Å². The van der Waals surface area contributed by atoms with Crippen LogP contribution in [0.5, 0.6) is 0 Å². The normalized spacial score (nSPS) is 19.5. The molecule has 0 spiro atoms. The number of benzene rings is 1. The van der Waals surface area contributed by atoms with Crippen LogP contribution >= 0.6 is 11.8 Å². The highest BCUT2D eigenvalue weighted by Gasteiger charge is 2.23. The van der Waals surface area contributed by atoms with E-state index < -0.39 is 0 Å². The molecule has 0 aliphatic carbocycles. The first-order valence-corrected chi connectivity index (χ1v) is 5.16. The molecule has 0 amide bonds. The maximum absolute atomic E-state index is 3.52. The highest BCUT2D eigenvalue weighted by atomic mass is 32.2. The molecule has 0 aromatic heterocycles. The lowest BCUT2D eigenvalue weighted by Crippen LogP contribution is -2.36. The molecule has 0 unspecified atom stereocenters. The number of thioether (sulfide) groups is 1. The number of hydrogen-bond donors (Lipinski definition) is 1. The van der Waals surface area contributed by atoms with Crippen LogP contribution in [0.25, 0.3) is 0 Å². The summed E-state index contributed by atoms with van der Waals surface area (Å²) in [6, 6.07) is 8.48. The van der Waals surface area contributed by atoms with E-state index in [-0.39, 0.29) is 5.54 Å². The van der Waals surface area contributed by atoms with Crippen molar-refractivity contribution >= 4 is 17.4 Å². The number of anilines is 1. The lowest BCUT2D eigenvalue weighted by Gasteiger charge is -2.32. The van der Waals surface area contributed by atoms with Crippen LogP contribution in [0.4, 0.5) is 5.69 Å². The lowest BCUT2D eigenvalue weighted by molar-refractivity contribution is 0.637. The van der Waals surface area contributed by atoms with Crippen molar-refractivity contribution in [3.63, 3.8) is 0 Å². The number of rotatable bonds is 0. The third-order valence-electron chi connectivity index (χ3n) is 1.95. The van der Waals surface area contributed by atoms with Crippen LogP contribution in [0.15, 0.2) is 29.2 Å². The van der Waals surface area contributed by atoms with E-state index in [1.54, 1.807) is 0 Å². The predicted octanol–water partition coefficient (Wildman–Crippen LogP) is 2.98. The summed E-state index contributed by atoms with van der Waals surface area (Å²) in [4.78, 5) is 1.37. The van der Waals surface area contributed by atoms with Crippen LogP contribution in [-0.4, -0.2) is 11.3 Å². The Morgan fingerprint density at radius 1 is 1.33 bits per heavy atom. The Balaban J connectivity index is 2.35. The van der Waals surface area contributed by atoms with Crippen LogP contribution < -0.4 is 5.32 Å². The van der Waals surface area contributed by atoms with Gasteiger partial charge in [-0.1, -0.05) is 12.1 Å². The van der Waals surface area contributed by atoms with Gasteiger partial charge in [0.15, 0.2) is 0 Å². The van der Waals surface area contributed by atoms with Gasteiger partial charge in [0, 0.05) is 21.9 Å². The van der Waals surface area contributed by atoms with E-state index in [0.717, 1.165) is 5.75 Å². The van der Waals surface area contributed by atoms with Gasteiger partial charge in [-0.05, 0) is 26.0 Å². The number of fused-ring (bicyclic) bond motifs is 1. The van der Waals surface area contributed by atoms with Crippen LogP contribution in [0.2, 0.25) is 0 Å². The van der Waals surface area contributed by atoms with Gasteiger partial charge in [0.05, 0.1) is 0 Å². The minimum absolute atomic E-state index is 0.235. The number of hydrogen-bond acceptors (Lipinski definition) is 2. The van der Waals surface area contributed by atoms with E-state index in [1.807, 2.05) is 11.8 Å². The van der Waals surface area contributed by atoms with E-state index in [9.17, 15) is 0 Å². The van der Waals surface area contributed by atoms with Crippen molar-refractivity contribution in [2.75, 3.05) is 11.1 Å². The van der Waals surface area contributed by atoms with Gasteiger partial charge in [0.2, 0.25) is 0 Å². The molecule has 12 heavy (non-hydrogen) atoms. The van der Waals surface area contributed by atoms with Crippen molar-refractivity contribution in [3.05, 3.63) is 24.3 Å². The number of nitrogens with one attached hydrogen (secondary N) is 1. The largest absolute Gasteiger partial charge is 0.378 e. The first-order valence-electron chi connectivity index (χ1n) is 4.17. The summed E-state index contributed by atoms with van der Waals surface area (Å²) >= 11 is 1.93. The van der Waals surface area contributed by atoms with Crippen LogP contribution in [-0.2, 0) is 0 Å². The average Bonchev–Trinajstić information content (AvgIpc) is 2.02. The summed E-state index contributed by atoms with van der Waals surface area (Å²) in [7, 11) is 0. The Morgan fingerprint density at radius 3 is 2.92 bits per heavy atom. The van der Waals surface area contributed by atoms with Crippen molar-refractivity contribution < 1.29 is 0 Å². The minimum Gasteiger partial charge on any atom is -0.378 e. The third kappa shape index (κ3) is 1.44. The molecule has 1 aromatic rings. The maximum atomic E-state index is 3.52. The predicted molar refractivity (Wildman–Crippen MR) is 54.9 cm³/mol. The summed E-state index contributed by atoms with van der Waals surface area (Å²) in [5.41, 5.74) is 1.51. The molecule has 1 nitrogen and oxygen atoms in total. The molecule has 0 saturated heterocycles. The smallest absolute Gasteiger partial charge is 0.0482 e. The van der Waals surface area contributed by atoms with Crippen molar-refractivity contribution in [1.82, 2.24) is 0 Å². The monoisotopic (exact) mass is 179 g/mol. The van der Waals surface area contributed by atoms with E-state index in [4.69, 9.17) is 0 Å². The van der Waals surface area contributed by atoms with Gasteiger partial charge < -0.3 is 5.32 Å². The molecule has 1 aromatic carbocycles. The highest BCUT2D eigenvalue weighted by molar-refractivity contribution is 7.99. The molecule has 1 heterocycles. The van der Waals surface area contributed by atoms with Crippen molar-refractivity contribution in [2.24, 2.45) is 0 Å². The lowest BCUT2D eigenvalue weighted by atomic mass is 10.1. The molecule has 64 valence electrons. The third-order valence-corrected chi connectivity index (χ3v) is 3.48. The Kier molecular flexibility index (Phi) is 1.80. The van der Waals surface area contributed by atoms with Crippen LogP contribution in [0.1, 0.15) is 13.8 Å². The van der Waals surface area contributed by atoms with Gasteiger partial charge >= 0.3 is 0 Å². The summed E-state index contributed by atoms with van der Waals surface area (Å²) < 4.78 is 0. The fourth-order valence-electron chi connectivity index (χ4n) is 1.35.